The van der Waals surface area contributed by atoms with Crippen LogP contribution in [0, 0.1) is 0 Å². The molecule has 140 valence electrons. The second-order valence-electron chi connectivity index (χ2n) is 6.45. The molecular formula is C19H18N8O. The van der Waals surface area contributed by atoms with Crippen molar-refractivity contribution in [1.29, 1.82) is 0 Å². The zero-order chi connectivity index (χ0) is 18.9. The van der Waals surface area contributed by atoms with E-state index in [1.807, 2.05) is 47.6 Å². The van der Waals surface area contributed by atoms with Crippen molar-refractivity contribution in [3.63, 3.8) is 0 Å². The van der Waals surface area contributed by atoms with Gasteiger partial charge in [-0.15, -0.1) is 5.53 Å². The Bertz CT molecular complexity index is 1140. The minimum Gasteiger partial charge on any atom is -0.394 e. The highest BCUT2D eigenvalue weighted by atomic mass is 16.3. The van der Waals surface area contributed by atoms with E-state index in [-0.39, 0.29) is 6.61 Å². The third kappa shape index (κ3) is 3.02. The zero-order valence-corrected chi connectivity index (χ0v) is 14.9. The number of nitrogens with one attached hydrogen (secondary N) is 2. The standard InChI is InChI=1S/C19H18N8O/c28-9-8-26-11-13(10-21-26)15-5-6-18-19(23-15)27(25-24-18)12-14-3-4-16-17(22-14)2-1-7-20-16/h1-7,10-11,24-25,28H,8-9,12H2. The van der Waals surface area contributed by atoms with Crippen molar-refractivity contribution in [1.82, 2.24) is 30.3 Å². The van der Waals surface area contributed by atoms with Crippen LogP contribution in [0.5, 0.6) is 0 Å². The fourth-order valence-electron chi connectivity index (χ4n) is 3.18. The van der Waals surface area contributed by atoms with Crippen LogP contribution in [0.2, 0.25) is 0 Å². The molecule has 4 aromatic heterocycles. The molecule has 4 aromatic rings. The minimum atomic E-state index is 0.0502. The van der Waals surface area contributed by atoms with E-state index in [9.17, 15) is 0 Å². The van der Waals surface area contributed by atoms with Crippen molar-refractivity contribution in [2.45, 2.75) is 13.1 Å². The topological polar surface area (TPSA) is 104 Å². The summed E-state index contributed by atoms with van der Waals surface area (Å²) < 4.78 is 1.70. The normalized spacial score (nSPS) is 13.0. The molecule has 5 heterocycles. The average Bonchev–Trinajstić information content (AvgIpc) is 3.35. The summed E-state index contributed by atoms with van der Waals surface area (Å²) in [5.41, 5.74) is 11.5. The average molecular weight is 374 g/mol. The van der Waals surface area contributed by atoms with Crippen LogP contribution in [0.25, 0.3) is 22.3 Å². The Morgan fingerprint density at radius 3 is 2.93 bits per heavy atom. The monoisotopic (exact) mass is 374 g/mol. The van der Waals surface area contributed by atoms with E-state index in [1.54, 1.807) is 17.1 Å². The van der Waals surface area contributed by atoms with Crippen molar-refractivity contribution in [2.75, 3.05) is 17.0 Å². The van der Waals surface area contributed by atoms with Crippen LogP contribution in [-0.2, 0) is 13.1 Å². The first-order valence-electron chi connectivity index (χ1n) is 8.95. The van der Waals surface area contributed by atoms with Crippen molar-refractivity contribution in [3.8, 4) is 11.3 Å². The van der Waals surface area contributed by atoms with Gasteiger partial charge in [-0.05, 0) is 36.4 Å². The largest absolute Gasteiger partial charge is 0.394 e. The van der Waals surface area contributed by atoms with Gasteiger partial charge in [-0.3, -0.25) is 14.7 Å². The molecule has 0 spiro atoms. The van der Waals surface area contributed by atoms with Gasteiger partial charge in [0.1, 0.15) is 0 Å². The molecular weight excluding hydrogens is 356 g/mol. The lowest BCUT2D eigenvalue weighted by Crippen LogP contribution is -2.35. The summed E-state index contributed by atoms with van der Waals surface area (Å²) in [5, 5.41) is 15.2. The molecule has 0 bridgehead atoms. The van der Waals surface area contributed by atoms with Crippen molar-refractivity contribution < 1.29 is 5.11 Å². The highest BCUT2D eigenvalue weighted by molar-refractivity contribution is 5.75. The quantitative estimate of drug-likeness (QED) is 0.485. The number of aliphatic hydroxyl groups excluding tert-OH is 1. The molecule has 0 radical (unpaired) electrons. The van der Waals surface area contributed by atoms with Gasteiger partial charge in [-0.2, -0.15) is 5.10 Å². The first-order valence-corrected chi connectivity index (χ1v) is 8.95. The van der Waals surface area contributed by atoms with Crippen LogP contribution in [0.1, 0.15) is 5.69 Å². The molecule has 1 aliphatic heterocycles. The van der Waals surface area contributed by atoms with Crippen LogP contribution < -0.4 is 16.0 Å². The van der Waals surface area contributed by atoms with Gasteiger partial charge < -0.3 is 10.5 Å². The number of aliphatic hydroxyl groups is 1. The highest BCUT2D eigenvalue weighted by Crippen LogP contribution is 2.31. The Labute approximate surface area is 160 Å². The molecule has 0 saturated carbocycles. The Hall–Kier alpha value is -3.56. The first kappa shape index (κ1) is 16.6. The summed E-state index contributed by atoms with van der Waals surface area (Å²) in [6.07, 6.45) is 5.39. The van der Waals surface area contributed by atoms with E-state index in [0.29, 0.717) is 13.1 Å². The maximum absolute atomic E-state index is 9.06. The van der Waals surface area contributed by atoms with Gasteiger partial charge in [0.2, 0.25) is 0 Å². The highest BCUT2D eigenvalue weighted by Gasteiger charge is 2.22. The lowest BCUT2D eigenvalue weighted by Gasteiger charge is -2.16. The number of rotatable bonds is 5. The fraction of sp³-hybridized carbons (Fsp3) is 0.158. The number of hydrogen-bond acceptors (Lipinski definition) is 8. The summed E-state index contributed by atoms with van der Waals surface area (Å²) in [6.45, 7) is 1.06. The van der Waals surface area contributed by atoms with Gasteiger partial charge in [0.25, 0.3) is 0 Å². The summed E-state index contributed by atoms with van der Waals surface area (Å²) in [7, 11) is 0. The molecule has 0 atom stereocenters. The van der Waals surface area contributed by atoms with Crippen LogP contribution in [0.3, 0.4) is 0 Å². The van der Waals surface area contributed by atoms with Gasteiger partial charge >= 0.3 is 0 Å². The molecule has 0 unspecified atom stereocenters. The molecule has 0 aromatic carbocycles. The summed E-state index contributed by atoms with van der Waals surface area (Å²) in [4.78, 5) is 13.8. The number of nitrogens with zero attached hydrogens (tertiary/aromatic N) is 6. The SMILES string of the molecule is OCCn1cc(-c2ccc3c(n2)N(Cc2ccc4ncccc4n2)NN3)cn1. The Kier molecular flexibility index (Phi) is 4.08. The lowest BCUT2D eigenvalue weighted by molar-refractivity contribution is 0.269. The summed E-state index contributed by atoms with van der Waals surface area (Å²) in [5.74, 6) is 0.792. The van der Waals surface area contributed by atoms with E-state index < -0.39 is 0 Å². The smallest absolute Gasteiger partial charge is 0.170 e. The van der Waals surface area contributed by atoms with E-state index in [1.165, 1.54) is 0 Å². The molecule has 0 fully saturated rings. The molecule has 3 N–H and O–H groups in total. The third-order valence-electron chi connectivity index (χ3n) is 4.55. The summed E-state index contributed by atoms with van der Waals surface area (Å²) >= 11 is 0. The number of hydrazine groups is 2. The van der Waals surface area contributed by atoms with E-state index in [0.717, 1.165) is 39.5 Å². The van der Waals surface area contributed by atoms with E-state index >= 15 is 0 Å². The van der Waals surface area contributed by atoms with Gasteiger partial charge in [0, 0.05) is 18.0 Å². The number of pyridine rings is 3. The predicted molar refractivity (Wildman–Crippen MR) is 105 cm³/mol. The number of hydrogen-bond donors (Lipinski definition) is 3. The molecule has 9 nitrogen and oxygen atoms in total. The van der Waals surface area contributed by atoms with Gasteiger partial charge in [-0.1, -0.05) is 0 Å². The molecule has 1 aliphatic rings. The fourth-order valence-corrected chi connectivity index (χ4v) is 3.18. The van der Waals surface area contributed by atoms with Crippen LogP contribution in [0.4, 0.5) is 11.5 Å². The molecule has 28 heavy (non-hydrogen) atoms. The van der Waals surface area contributed by atoms with Crippen LogP contribution in [-0.4, -0.2) is 36.4 Å². The Morgan fingerprint density at radius 2 is 2.00 bits per heavy atom. The second kappa shape index (κ2) is 6.87. The van der Waals surface area contributed by atoms with Gasteiger partial charge in [-0.25, -0.2) is 9.97 Å². The molecule has 0 aliphatic carbocycles. The Morgan fingerprint density at radius 1 is 1.04 bits per heavy atom. The third-order valence-corrected chi connectivity index (χ3v) is 4.55. The van der Waals surface area contributed by atoms with Crippen molar-refractivity contribution >= 4 is 22.5 Å². The molecule has 0 amide bonds. The Balaban J connectivity index is 1.42. The van der Waals surface area contributed by atoms with Gasteiger partial charge in [0.15, 0.2) is 5.82 Å². The zero-order valence-electron chi connectivity index (χ0n) is 14.9. The maximum atomic E-state index is 9.06. The van der Waals surface area contributed by atoms with Crippen molar-refractivity contribution in [3.05, 3.63) is 60.7 Å². The second-order valence-corrected chi connectivity index (χ2v) is 6.45. The lowest BCUT2D eigenvalue weighted by atomic mass is 10.2. The predicted octanol–water partition coefficient (Wildman–Crippen LogP) is 1.73. The summed E-state index contributed by atoms with van der Waals surface area (Å²) in [6, 6.07) is 11.7. The van der Waals surface area contributed by atoms with Crippen molar-refractivity contribution in [2.24, 2.45) is 0 Å². The van der Waals surface area contributed by atoms with E-state index in [4.69, 9.17) is 10.1 Å². The molecule has 5 rings (SSSR count). The van der Waals surface area contributed by atoms with E-state index in [2.05, 4.69) is 26.0 Å². The minimum absolute atomic E-state index is 0.0502. The number of anilines is 2. The molecule has 0 saturated heterocycles. The maximum Gasteiger partial charge on any atom is 0.170 e. The van der Waals surface area contributed by atoms with Crippen LogP contribution in [0.15, 0.2) is 55.0 Å². The number of aromatic nitrogens is 5. The molecule has 9 heteroatoms. The first-order chi connectivity index (χ1) is 13.8. The number of fused-ring (bicyclic) bond motifs is 2. The van der Waals surface area contributed by atoms with Gasteiger partial charge in [0.05, 0.1) is 54.0 Å². The van der Waals surface area contributed by atoms with Crippen LogP contribution >= 0.6 is 0 Å².